The standard InChI is InChI=1S/C11H14N2O2S/c1-3-7-6-8-10(14)12-9(4-5-15-2)13-11(8)16-7/h6H,3-5H2,1-2H3,(H,12,13,14). The van der Waals surface area contributed by atoms with Crippen molar-refractivity contribution in [3.05, 3.63) is 27.1 Å². The van der Waals surface area contributed by atoms with E-state index in [1.807, 2.05) is 6.07 Å². The maximum atomic E-state index is 11.8. The predicted molar refractivity (Wildman–Crippen MR) is 65.2 cm³/mol. The molecule has 0 amide bonds. The van der Waals surface area contributed by atoms with Gasteiger partial charge in [-0.15, -0.1) is 11.3 Å². The minimum atomic E-state index is -0.0490. The molecule has 0 aliphatic rings. The van der Waals surface area contributed by atoms with Gasteiger partial charge in [0.05, 0.1) is 12.0 Å². The number of nitrogens with one attached hydrogen (secondary N) is 1. The molecule has 16 heavy (non-hydrogen) atoms. The average Bonchev–Trinajstić information content (AvgIpc) is 2.70. The van der Waals surface area contributed by atoms with Crippen molar-refractivity contribution in [3.63, 3.8) is 0 Å². The zero-order valence-corrected chi connectivity index (χ0v) is 10.2. The number of hydrogen-bond acceptors (Lipinski definition) is 4. The van der Waals surface area contributed by atoms with Crippen LogP contribution in [0.15, 0.2) is 10.9 Å². The highest BCUT2D eigenvalue weighted by molar-refractivity contribution is 7.18. The van der Waals surface area contributed by atoms with E-state index in [2.05, 4.69) is 16.9 Å². The highest BCUT2D eigenvalue weighted by Crippen LogP contribution is 2.21. The summed E-state index contributed by atoms with van der Waals surface area (Å²) in [5.74, 6) is 0.698. The van der Waals surface area contributed by atoms with Crippen LogP contribution in [0.1, 0.15) is 17.6 Å². The Morgan fingerprint density at radius 1 is 1.56 bits per heavy atom. The van der Waals surface area contributed by atoms with Gasteiger partial charge in [0.1, 0.15) is 10.7 Å². The minimum Gasteiger partial charge on any atom is -0.384 e. The monoisotopic (exact) mass is 238 g/mol. The molecular formula is C11H14N2O2S. The number of ether oxygens (including phenoxy) is 1. The zero-order chi connectivity index (χ0) is 11.5. The maximum Gasteiger partial charge on any atom is 0.259 e. The third kappa shape index (κ3) is 2.15. The van der Waals surface area contributed by atoms with Crippen LogP contribution in [0.25, 0.3) is 10.2 Å². The molecule has 0 radical (unpaired) electrons. The lowest BCUT2D eigenvalue weighted by atomic mass is 10.3. The normalized spacial score (nSPS) is 11.1. The van der Waals surface area contributed by atoms with Gasteiger partial charge in [0.15, 0.2) is 0 Å². The van der Waals surface area contributed by atoms with E-state index in [4.69, 9.17) is 4.74 Å². The van der Waals surface area contributed by atoms with Crippen molar-refractivity contribution in [2.75, 3.05) is 13.7 Å². The fourth-order valence-corrected chi connectivity index (χ4v) is 2.50. The molecule has 1 N–H and O–H groups in total. The first kappa shape index (κ1) is 11.3. The molecule has 0 atom stereocenters. The Morgan fingerprint density at radius 3 is 3.06 bits per heavy atom. The van der Waals surface area contributed by atoms with Crippen molar-refractivity contribution in [1.29, 1.82) is 0 Å². The maximum absolute atomic E-state index is 11.8. The third-order valence-electron chi connectivity index (χ3n) is 2.39. The number of thiophene rings is 1. The van der Waals surface area contributed by atoms with E-state index in [0.29, 0.717) is 24.2 Å². The molecule has 86 valence electrons. The van der Waals surface area contributed by atoms with Crippen molar-refractivity contribution in [3.8, 4) is 0 Å². The summed E-state index contributed by atoms with van der Waals surface area (Å²) in [5, 5.41) is 0.697. The van der Waals surface area contributed by atoms with Gasteiger partial charge in [-0.25, -0.2) is 4.98 Å². The van der Waals surface area contributed by atoms with Crippen LogP contribution in [0.3, 0.4) is 0 Å². The smallest absolute Gasteiger partial charge is 0.259 e. The second-order valence-corrected chi connectivity index (χ2v) is 4.66. The molecule has 0 aliphatic carbocycles. The second kappa shape index (κ2) is 4.76. The molecule has 0 fully saturated rings. The molecule has 5 heteroatoms. The Hall–Kier alpha value is -1.20. The highest BCUT2D eigenvalue weighted by Gasteiger charge is 2.07. The molecule has 0 aromatic carbocycles. The van der Waals surface area contributed by atoms with E-state index < -0.39 is 0 Å². The number of aromatic nitrogens is 2. The lowest BCUT2D eigenvalue weighted by molar-refractivity contribution is 0.200. The van der Waals surface area contributed by atoms with Crippen LogP contribution >= 0.6 is 11.3 Å². The summed E-state index contributed by atoms with van der Waals surface area (Å²) in [7, 11) is 1.64. The molecule has 2 rings (SSSR count). The molecule has 0 spiro atoms. The molecule has 2 aromatic heterocycles. The largest absolute Gasteiger partial charge is 0.384 e. The van der Waals surface area contributed by atoms with Gasteiger partial charge < -0.3 is 9.72 Å². The van der Waals surface area contributed by atoms with Gasteiger partial charge in [-0.05, 0) is 12.5 Å². The SMILES string of the molecule is CCc1cc2c(=O)[nH]c(CCOC)nc2s1. The van der Waals surface area contributed by atoms with Gasteiger partial charge in [0.2, 0.25) is 0 Å². The Labute approximate surface area is 97.3 Å². The first-order valence-electron chi connectivity index (χ1n) is 5.25. The summed E-state index contributed by atoms with van der Waals surface area (Å²) in [4.78, 5) is 21.0. The second-order valence-electron chi connectivity index (χ2n) is 3.54. The number of aromatic amines is 1. The number of aryl methyl sites for hydroxylation is 1. The van der Waals surface area contributed by atoms with Crippen LogP contribution < -0.4 is 5.56 Å². The molecule has 0 unspecified atom stereocenters. The summed E-state index contributed by atoms with van der Waals surface area (Å²) in [6, 6.07) is 1.92. The molecule has 0 aliphatic heterocycles. The van der Waals surface area contributed by atoms with E-state index in [9.17, 15) is 4.79 Å². The van der Waals surface area contributed by atoms with E-state index in [-0.39, 0.29) is 5.56 Å². The van der Waals surface area contributed by atoms with Crippen LogP contribution in [0.2, 0.25) is 0 Å². The number of nitrogens with zero attached hydrogens (tertiary/aromatic N) is 1. The fourth-order valence-electron chi connectivity index (χ4n) is 1.52. The number of rotatable bonds is 4. The summed E-state index contributed by atoms with van der Waals surface area (Å²) in [5.41, 5.74) is -0.0490. The molecule has 0 saturated carbocycles. The van der Waals surface area contributed by atoms with Crippen LogP contribution in [-0.4, -0.2) is 23.7 Å². The van der Waals surface area contributed by atoms with Gasteiger partial charge >= 0.3 is 0 Å². The van der Waals surface area contributed by atoms with E-state index in [1.165, 1.54) is 4.88 Å². The summed E-state index contributed by atoms with van der Waals surface area (Å²) in [6.07, 6.45) is 1.58. The summed E-state index contributed by atoms with van der Waals surface area (Å²) < 4.78 is 4.97. The van der Waals surface area contributed by atoms with Crippen LogP contribution in [0.4, 0.5) is 0 Å². The molecular weight excluding hydrogens is 224 g/mol. The minimum absolute atomic E-state index is 0.0490. The van der Waals surface area contributed by atoms with Gasteiger partial charge in [-0.1, -0.05) is 6.92 Å². The van der Waals surface area contributed by atoms with Gasteiger partial charge in [0, 0.05) is 18.4 Å². The van der Waals surface area contributed by atoms with Crippen LogP contribution in [0.5, 0.6) is 0 Å². The Kier molecular flexibility index (Phi) is 3.36. The number of methoxy groups -OCH3 is 1. The van der Waals surface area contributed by atoms with Crippen molar-refractivity contribution in [2.45, 2.75) is 19.8 Å². The molecule has 2 aromatic rings. The molecule has 4 nitrogen and oxygen atoms in total. The van der Waals surface area contributed by atoms with Crippen molar-refractivity contribution >= 4 is 21.6 Å². The zero-order valence-electron chi connectivity index (χ0n) is 9.37. The van der Waals surface area contributed by atoms with E-state index >= 15 is 0 Å². The Bertz CT molecular complexity index is 544. The lowest BCUT2D eigenvalue weighted by Gasteiger charge is -1.98. The number of fused-ring (bicyclic) bond motifs is 1. The van der Waals surface area contributed by atoms with Crippen LogP contribution in [-0.2, 0) is 17.6 Å². The first-order chi connectivity index (χ1) is 7.74. The van der Waals surface area contributed by atoms with Crippen molar-refractivity contribution in [1.82, 2.24) is 9.97 Å². The third-order valence-corrected chi connectivity index (χ3v) is 3.57. The van der Waals surface area contributed by atoms with Crippen molar-refractivity contribution < 1.29 is 4.74 Å². The van der Waals surface area contributed by atoms with Crippen LogP contribution in [0, 0.1) is 0 Å². The van der Waals surface area contributed by atoms with Gasteiger partial charge in [-0.2, -0.15) is 0 Å². The summed E-state index contributed by atoms with van der Waals surface area (Å²) in [6.45, 7) is 2.64. The quantitative estimate of drug-likeness (QED) is 0.882. The summed E-state index contributed by atoms with van der Waals surface area (Å²) >= 11 is 1.59. The van der Waals surface area contributed by atoms with Gasteiger partial charge in [0.25, 0.3) is 5.56 Å². The first-order valence-corrected chi connectivity index (χ1v) is 6.06. The molecule has 0 saturated heterocycles. The lowest BCUT2D eigenvalue weighted by Crippen LogP contribution is -2.12. The van der Waals surface area contributed by atoms with Crippen molar-refractivity contribution in [2.24, 2.45) is 0 Å². The highest BCUT2D eigenvalue weighted by atomic mass is 32.1. The van der Waals surface area contributed by atoms with E-state index in [1.54, 1.807) is 18.4 Å². The average molecular weight is 238 g/mol. The number of hydrogen-bond donors (Lipinski definition) is 1. The number of H-pyrrole nitrogens is 1. The molecule has 2 heterocycles. The molecule has 0 bridgehead atoms. The predicted octanol–water partition coefficient (Wildman–Crippen LogP) is 1.74. The Balaban J connectivity index is 2.45. The fraction of sp³-hybridized carbons (Fsp3) is 0.455. The topological polar surface area (TPSA) is 55.0 Å². The van der Waals surface area contributed by atoms with Gasteiger partial charge in [-0.3, -0.25) is 4.79 Å². The Morgan fingerprint density at radius 2 is 2.38 bits per heavy atom. The van der Waals surface area contributed by atoms with E-state index in [0.717, 1.165) is 11.3 Å².